The highest BCUT2D eigenvalue weighted by atomic mass is 79.9. The van der Waals surface area contributed by atoms with Gasteiger partial charge in [-0.3, -0.25) is 4.90 Å². The predicted molar refractivity (Wildman–Crippen MR) is 72.5 cm³/mol. The van der Waals surface area contributed by atoms with E-state index in [1.165, 1.54) is 12.8 Å². The van der Waals surface area contributed by atoms with Crippen LogP contribution in [0.15, 0.2) is 16.9 Å². The van der Waals surface area contributed by atoms with E-state index in [1.807, 2.05) is 0 Å². The van der Waals surface area contributed by atoms with Crippen LogP contribution in [0.25, 0.3) is 0 Å². The molecule has 0 aromatic carbocycles. The molecule has 2 aliphatic heterocycles. The number of aliphatic hydroxyl groups excluding tert-OH is 1. The number of aromatic nitrogens is 2. The highest BCUT2D eigenvalue weighted by molar-refractivity contribution is 9.10. The van der Waals surface area contributed by atoms with E-state index >= 15 is 0 Å². The molecule has 0 saturated carbocycles. The van der Waals surface area contributed by atoms with Crippen molar-refractivity contribution in [1.82, 2.24) is 14.9 Å². The van der Waals surface area contributed by atoms with Gasteiger partial charge in [-0.2, -0.15) is 0 Å². The van der Waals surface area contributed by atoms with Crippen LogP contribution in [0, 0.1) is 0 Å². The maximum absolute atomic E-state index is 9.56. The number of anilines is 1. The highest BCUT2D eigenvalue weighted by Gasteiger charge is 2.36. The number of halogens is 1. The number of hydrogen-bond acceptors (Lipinski definition) is 5. The molecule has 0 unspecified atom stereocenters. The smallest absolute Gasteiger partial charge is 0.225 e. The molecule has 1 N–H and O–H groups in total. The number of aliphatic hydroxyl groups is 1. The lowest BCUT2D eigenvalue weighted by molar-refractivity contribution is 0.152. The highest BCUT2D eigenvalue weighted by Crippen LogP contribution is 2.26. The van der Waals surface area contributed by atoms with Crippen molar-refractivity contribution in [2.75, 3.05) is 31.1 Å². The minimum atomic E-state index is 0.112. The second kappa shape index (κ2) is 5.11. The summed E-state index contributed by atoms with van der Waals surface area (Å²) in [5.74, 6) is 0.726. The summed E-state index contributed by atoms with van der Waals surface area (Å²) >= 11 is 3.35. The summed E-state index contributed by atoms with van der Waals surface area (Å²) < 4.78 is 0.881. The maximum Gasteiger partial charge on any atom is 0.225 e. The van der Waals surface area contributed by atoms with Crippen molar-refractivity contribution in [3.8, 4) is 0 Å². The van der Waals surface area contributed by atoms with Gasteiger partial charge < -0.3 is 10.0 Å². The van der Waals surface area contributed by atoms with Crippen LogP contribution in [0.3, 0.4) is 0 Å². The van der Waals surface area contributed by atoms with E-state index in [2.05, 4.69) is 35.7 Å². The Hall–Kier alpha value is -0.720. The molecule has 6 heteroatoms. The van der Waals surface area contributed by atoms with Gasteiger partial charge in [-0.1, -0.05) is 0 Å². The normalized spacial score (nSPS) is 28.4. The van der Waals surface area contributed by atoms with Gasteiger partial charge in [0.2, 0.25) is 5.95 Å². The number of nitrogens with zero attached hydrogens (tertiary/aromatic N) is 4. The van der Waals surface area contributed by atoms with E-state index in [9.17, 15) is 5.11 Å². The molecule has 3 heterocycles. The van der Waals surface area contributed by atoms with Gasteiger partial charge in [0.15, 0.2) is 0 Å². The van der Waals surface area contributed by atoms with Crippen LogP contribution in [0.4, 0.5) is 5.95 Å². The average molecular weight is 313 g/mol. The molecular weight excluding hydrogens is 296 g/mol. The number of hydrogen-bond donors (Lipinski definition) is 1. The van der Waals surface area contributed by atoms with Crippen molar-refractivity contribution in [1.29, 1.82) is 0 Å². The van der Waals surface area contributed by atoms with Crippen LogP contribution in [-0.2, 0) is 0 Å². The first-order valence-electron chi connectivity index (χ1n) is 6.37. The fourth-order valence-corrected chi connectivity index (χ4v) is 3.15. The van der Waals surface area contributed by atoms with Crippen molar-refractivity contribution in [2.45, 2.75) is 24.9 Å². The molecule has 2 fully saturated rings. The SMILES string of the molecule is OC[C@H]1CN2CCC[C@H]2CN1c1ncc(Br)cn1. The molecule has 0 radical (unpaired) electrons. The van der Waals surface area contributed by atoms with Gasteiger partial charge >= 0.3 is 0 Å². The Kier molecular flexibility index (Phi) is 3.50. The van der Waals surface area contributed by atoms with Crippen LogP contribution in [-0.4, -0.2) is 58.3 Å². The number of piperazine rings is 1. The third-order valence-corrected chi connectivity index (χ3v) is 4.28. The van der Waals surface area contributed by atoms with Crippen LogP contribution in [0.5, 0.6) is 0 Å². The fraction of sp³-hybridized carbons (Fsp3) is 0.667. The largest absolute Gasteiger partial charge is 0.394 e. The summed E-state index contributed by atoms with van der Waals surface area (Å²) in [6.45, 7) is 3.16. The molecule has 0 amide bonds. The second-order valence-corrected chi connectivity index (χ2v) is 5.90. The summed E-state index contributed by atoms with van der Waals surface area (Å²) in [6, 6.07) is 0.709. The monoisotopic (exact) mass is 312 g/mol. The van der Waals surface area contributed by atoms with E-state index in [0.717, 1.165) is 30.1 Å². The van der Waals surface area contributed by atoms with Crippen LogP contribution < -0.4 is 4.90 Å². The molecule has 2 aliphatic rings. The van der Waals surface area contributed by atoms with Crippen molar-refractivity contribution >= 4 is 21.9 Å². The molecule has 0 spiro atoms. The standard InChI is InChI=1S/C12H17BrN4O/c13-9-4-14-12(15-5-9)17-7-10-2-1-3-16(10)6-11(17)8-18/h4-5,10-11,18H,1-3,6-8H2/t10-,11+/m0/s1. The van der Waals surface area contributed by atoms with Gasteiger partial charge in [0.05, 0.1) is 17.1 Å². The molecule has 5 nitrogen and oxygen atoms in total. The van der Waals surface area contributed by atoms with E-state index in [1.54, 1.807) is 12.4 Å². The minimum Gasteiger partial charge on any atom is -0.394 e. The molecule has 2 saturated heterocycles. The van der Waals surface area contributed by atoms with Gasteiger partial charge in [-0.15, -0.1) is 0 Å². The van der Waals surface area contributed by atoms with Gasteiger partial charge in [-0.25, -0.2) is 9.97 Å². The quantitative estimate of drug-likeness (QED) is 0.879. The first-order valence-corrected chi connectivity index (χ1v) is 7.16. The van der Waals surface area contributed by atoms with Crippen LogP contribution >= 0.6 is 15.9 Å². The minimum absolute atomic E-state index is 0.112. The topological polar surface area (TPSA) is 52.5 Å². The maximum atomic E-state index is 9.56. The van der Waals surface area contributed by atoms with Crippen molar-refractivity contribution in [2.24, 2.45) is 0 Å². The first kappa shape index (κ1) is 12.3. The molecule has 1 aromatic rings. The molecule has 1 aromatic heterocycles. The lowest BCUT2D eigenvalue weighted by atomic mass is 10.1. The Bertz CT molecular complexity index is 413. The predicted octanol–water partition coefficient (Wildman–Crippen LogP) is 0.884. The summed E-state index contributed by atoms with van der Waals surface area (Å²) in [7, 11) is 0. The van der Waals surface area contributed by atoms with Crippen LogP contribution in [0.2, 0.25) is 0 Å². The Labute approximate surface area is 115 Å². The average Bonchev–Trinajstić information content (AvgIpc) is 2.85. The Morgan fingerprint density at radius 1 is 1.33 bits per heavy atom. The zero-order valence-corrected chi connectivity index (χ0v) is 11.8. The first-order chi connectivity index (χ1) is 8.78. The van der Waals surface area contributed by atoms with Gasteiger partial charge in [0.25, 0.3) is 0 Å². The molecule has 0 bridgehead atoms. The van der Waals surface area contributed by atoms with Gasteiger partial charge in [0, 0.05) is 31.5 Å². The van der Waals surface area contributed by atoms with Crippen molar-refractivity contribution in [3.63, 3.8) is 0 Å². The van der Waals surface area contributed by atoms with Crippen molar-refractivity contribution < 1.29 is 5.11 Å². The van der Waals surface area contributed by atoms with Gasteiger partial charge in [-0.05, 0) is 35.3 Å². The van der Waals surface area contributed by atoms with Crippen molar-refractivity contribution in [3.05, 3.63) is 16.9 Å². The Morgan fingerprint density at radius 3 is 2.83 bits per heavy atom. The zero-order valence-electron chi connectivity index (χ0n) is 10.2. The summed E-state index contributed by atoms with van der Waals surface area (Å²) in [4.78, 5) is 13.3. The van der Waals surface area contributed by atoms with Crippen LogP contribution in [0.1, 0.15) is 12.8 Å². The van der Waals surface area contributed by atoms with E-state index < -0.39 is 0 Å². The number of fused-ring (bicyclic) bond motifs is 1. The molecule has 3 rings (SSSR count). The Morgan fingerprint density at radius 2 is 2.11 bits per heavy atom. The third-order valence-electron chi connectivity index (χ3n) is 3.87. The van der Waals surface area contributed by atoms with Gasteiger partial charge in [0.1, 0.15) is 0 Å². The fourth-order valence-electron chi connectivity index (χ4n) is 2.94. The lowest BCUT2D eigenvalue weighted by Gasteiger charge is -2.42. The third kappa shape index (κ3) is 2.24. The molecule has 2 atom stereocenters. The molecule has 18 heavy (non-hydrogen) atoms. The zero-order chi connectivity index (χ0) is 12.5. The van der Waals surface area contributed by atoms with E-state index in [4.69, 9.17) is 0 Å². The molecule has 98 valence electrons. The van der Waals surface area contributed by atoms with E-state index in [0.29, 0.717) is 6.04 Å². The summed E-state index contributed by atoms with van der Waals surface area (Å²) in [5.41, 5.74) is 0. The number of rotatable bonds is 2. The summed E-state index contributed by atoms with van der Waals surface area (Å²) in [6.07, 6.45) is 6.03. The lowest BCUT2D eigenvalue weighted by Crippen LogP contribution is -2.58. The molecule has 0 aliphatic carbocycles. The Balaban J connectivity index is 1.82. The summed E-state index contributed by atoms with van der Waals surface area (Å²) in [5, 5.41) is 9.56. The van der Waals surface area contributed by atoms with E-state index in [-0.39, 0.29) is 12.6 Å². The second-order valence-electron chi connectivity index (χ2n) is 4.98. The molecular formula is C12H17BrN4O.